The van der Waals surface area contributed by atoms with E-state index in [0.717, 1.165) is 17.1 Å². The van der Waals surface area contributed by atoms with Gasteiger partial charge in [0.05, 0.1) is 13.2 Å². The van der Waals surface area contributed by atoms with E-state index in [1.54, 1.807) is 0 Å². The molecular weight excluding hydrogens is 238 g/mol. The van der Waals surface area contributed by atoms with Gasteiger partial charge in [0.2, 0.25) is 0 Å². The molecule has 0 saturated carbocycles. The van der Waals surface area contributed by atoms with Crippen LogP contribution < -0.4 is 15.2 Å². The molecule has 2 atom stereocenters. The molecule has 3 heteroatoms. The minimum absolute atomic E-state index is 0.0230. The Kier molecular flexibility index (Phi) is 6.16. The molecule has 0 saturated heterocycles. The Hall–Kier alpha value is -1.22. The summed E-state index contributed by atoms with van der Waals surface area (Å²) >= 11 is 0. The molecular formula is C16H27NO2. The summed E-state index contributed by atoms with van der Waals surface area (Å²) in [5, 5.41) is 0. The Labute approximate surface area is 117 Å². The van der Waals surface area contributed by atoms with E-state index in [1.807, 2.05) is 32.0 Å². The molecule has 1 rings (SSSR count). The molecule has 0 aromatic heterocycles. The van der Waals surface area contributed by atoms with Crippen LogP contribution in [0.25, 0.3) is 0 Å². The first kappa shape index (κ1) is 15.8. The highest BCUT2D eigenvalue weighted by Crippen LogP contribution is 2.33. The van der Waals surface area contributed by atoms with E-state index in [4.69, 9.17) is 15.2 Å². The lowest BCUT2D eigenvalue weighted by Crippen LogP contribution is -2.23. The summed E-state index contributed by atoms with van der Waals surface area (Å²) in [4.78, 5) is 0. The lowest BCUT2D eigenvalue weighted by molar-refractivity contribution is 0.286. The quantitative estimate of drug-likeness (QED) is 0.816. The van der Waals surface area contributed by atoms with E-state index in [9.17, 15) is 0 Å². The molecule has 0 heterocycles. The van der Waals surface area contributed by atoms with E-state index in [-0.39, 0.29) is 6.04 Å². The van der Waals surface area contributed by atoms with Gasteiger partial charge < -0.3 is 15.2 Å². The standard InChI is InChI=1S/C16H27NO2/c1-6-18-14-9-8-13(10-15(14)19-7-2)16(17)12(5)11(3)4/h8-12,16H,6-7,17H2,1-5H3. The van der Waals surface area contributed by atoms with Gasteiger partial charge in [0.1, 0.15) is 0 Å². The molecule has 0 fully saturated rings. The maximum atomic E-state index is 6.33. The van der Waals surface area contributed by atoms with Gasteiger partial charge in [-0.2, -0.15) is 0 Å². The fourth-order valence-corrected chi connectivity index (χ4v) is 1.99. The van der Waals surface area contributed by atoms with E-state index in [0.29, 0.717) is 25.0 Å². The predicted octanol–water partition coefficient (Wildman–Crippen LogP) is 3.78. The topological polar surface area (TPSA) is 44.5 Å². The fourth-order valence-electron chi connectivity index (χ4n) is 1.99. The van der Waals surface area contributed by atoms with Crippen LogP contribution in [0.4, 0.5) is 0 Å². The van der Waals surface area contributed by atoms with Crippen LogP contribution in [0.2, 0.25) is 0 Å². The summed E-state index contributed by atoms with van der Waals surface area (Å²) in [5.41, 5.74) is 7.44. The van der Waals surface area contributed by atoms with Gasteiger partial charge in [-0.3, -0.25) is 0 Å². The number of rotatable bonds is 7. The molecule has 0 radical (unpaired) electrons. The summed E-state index contributed by atoms with van der Waals surface area (Å²) in [6, 6.07) is 6.03. The van der Waals surface area contributed by atoms with Crippen LogP contribution in [-0.4, -0.2) is 13.2 Å². The van der Waals surface area contributed by atoms with Crippen molar-refractivity contribution in [3.63, 3.8) is 0 Å². The van der Waals surface area contributed by atoms with E-state index in [1.165, 1.54) is 0 Å². The molecule has 0 aliphatic rings. The second-order valence-corrected chi connectivity index (χ2v) is 5.20. The maximum Gasteiger partial charge on any atom is 0.161 e. The average Bonchev–Trinajstić information content (AvgIpc) is 2.39. The molecule has 0 bridgehead atoms. The van der Waals surface area contributed by atoms with Crippen molar-refractivity contribution < 1.29 is 9.47 Å². The highest BCUT2D eigenvalue weighted by molar-refractivity contribution is 5.44. The number of hydrogen-bond donors (Lipinski definition) is 1. The Balaban J connectivity index is 3.00. The molecule has 0 aliphatic carbocycles. The van der Waals surface area contributed by atoms with E-state index in [2.05, 4.69) is 20.8 Å². The zero-order valence-electron chi connectivity index (χ0n) is 12.8. The lowest BCUT2D eigenvalue weighted by Gasteiger charge is -2.24. The molecule has 0 amide bonds. The first-order valence-electron chi connectivity index (χ1n) is 7.16. The molecule has 1 aromatic rings. The van der Waals surface area contributed by atoms with Crippen LogP contribution in [0.3, 0.4) is 0 Å². The maximum absolute atomic E-state index is 6.33. The smallest absolute Gasteiger partial charge is 0.161 e. The molecule has 2 N–H and O–H groups in total. The van der Waals surface area contributed by atoms with Crippen molar-refractivity contribution in [2.45, 2.75) is 40.7 Å². The Morgan fingerprint density at radius 1 is 1.00 bits per heavy atom. The zero-order chi connectivity index (χ0) is 14.4. The third-order valence-corrected chi connectivity index (χ3v) is 3.57. The molecule has 108 valence electrons. The monoisotopic (exact) mass is 265 g/mol. The Morgan fingerprint density at radius 3 is 2.11 bits per heavy atom. The van der Waals surface area contributed by atoms with Gasteiger partial charge in [0.25, 0.3) is 0 Å². The van der Waals surface area contributed by atoms with Gasteiger partial charge in [-0.05, 0) is 43.4 Å². The third-order valence-electron chi connectivity index (χ3n) is 3.57. The van der Waals surface area contributed by atoms with Crippen LogP contribution in [0.15, 0.2) is 18.2 Å². The van der Waals surface area contributed by atoms with Gasteiger partial charge >= 0.3 is 0 Å². The lowest BCUT2D eigenvalue weighted by atomic mass is 9.86. The summed E-state index contributed by atoms with van der Waals surface area (Å²) < 4.78 is 11.2. The SMILES string of the molecule is CCOc1ccc(C(N)C(C)C(C)C)cc1OCC. The first-order chi connectivity index (χ1) is 9.01. The normalized spacial score (nSPS) is 14.3. The Morgan fingerprint density at radius 2 is 1.58 bits per heavy atom. The van der Waals surface area contributed by atoms with Crippen LogP contribution in [0.1, 0.15) is 46.2 Å². The number of hydrogen-bond acceptors (Lipinski definition) is 3. The number of ether oxygens (including phenoxy) is 2. The van der Waals surface area contributed by atoms with Gasteiger partial charge in [0.15, 0.2) is 11.5 Å². The van der Waals surface area contributed by atoms with Crippen LogP contribution in [0.5, 0.6) is 11.5 Å². The molecule has 1 aromatic carbocycles. The van der Waals surface area contributed by atoms with Crippen molar-refractivity contribution in [1.29, 1.82) is 0 Å². The molecule has 2 unspecified atom stereocenters. The molecule has 3 nitrogen and oxygen atoms in total. The van der Waals surface area contributed by atoms with Gasteiger partial charge in [-0.15, -0.1) is 0 Å². The largest absolute Gasteiger partial charge is 0.490 e. The fraction of sp³-hybridized carbons (Fsp3) is 0.625. The number of nitrogens with two attached hydrogens (primary N) is 1. The highest BCUT2D eigenvalue weighted by atomic mass is 16.5. The molecule has 19 heavy (non-hydrogen) atoms. The third kappa shape index (κ3) is 4.13. The van der Waals surface area contributed by atoms with Crippen molar-refractivity contribution in [2.75, 3.05) is 13.2 Å². The zero-order valence-corrected chi connectivity index (χ0v) is 12.8. The van der Waals surface area contributed by atoms with Crippen molar-refractivity contribution >= 4 is 0 Å². The van der Waals surface area contributed by atoms with Crippen LogP contribution in [0, 0.1) is 11.8 Å². The van der Waals surface area contributed by atoms with Crippen LogP contribution >= 0.6 is 0 Å². The van der Waals surface area contributed by atoms with Crippen molar-refractivity contribution in [2.24, 2.45) is 17.6 Å². The van der Waals surface area contributed by atoms with Crippen molar-refractivity contribution in [3.05, 3.63) is 23.8 Å². The second-order valence-electron chi connectivity index (χ2n) is 5.20. The van der Waals surface area contributed by atoms with Crippen molar-refractivity contribution in [1.82, 2.24) is 0 Å². The predicted molar refractivity (Wildman–Crippen MR) is 79.7 cm³/mol. The minimum Gasteiger partial charge on any atom is -0.490 e. The first-order valence-corrected chi connectivity index (χ1v) is 7.16. The van der Waals surface area contributed by atoms with Crippen molar-refractivity contribution in [3.8, 4) is 11.5 Å². The summed E-state index contributed by atoms with van der Waals surface area (Å²) in [6.45, 7) is 11.8. The molecule has 0 spiro atoms. The van der Waals surface area contributed by atoms with Gasteiger partial charge in [-0.25, -0.2) is 0 Å². The summed E-state index contributed by atoms with van der Waals surface area (Å²) in [5.74, 6) is 2.55. The van der Waals surface area contributed by atoms with Crippen LogP contribution in [-0.2, 0) is 0 Å². The van der Waals surface area contributed by atoms with Gasteiger partial charge in [0, 0.05) is 6.04 Å². The average molecular weight is 265 g/mol. The molecule has 0 aliphatic heterocycles. The summed E-state index contributed by atoms with van der Waals surface area (Å²) in [7, 11) is 0. The Bertz CT molecular complexity index is 390. The highest BCUT2D eigenvalue weighted by Gasteiger charge is 2.19. The van der Waals surface area contributed by atoms with Gasteiger partial charge in [-0.1, -0.05) is 26.8 Å². The minimum atomic E-state index is 0.0230. The summed E-state index contributed by atoms with van der Waals surface area (Å²) in [6.07, 6.45) is 0. The number of benzene rings is 1. The van der Waals surface area contributed by atoms with E-state index >= 15 is 0 Å². The second kappa shape index (κ2) is 7.39. The van der Waals surface area contributed by atoms with E-state index < -0.39 is 0 Å².